The molecule has 7 aromatic rings. The number of benzene rings is 7. The Kier molecular flexibility index (Phi) is 12.0. The van der Waals surface area contributed by atoms with Gasteiger partial charge in [-0.15, -0.1) is 0 Å². The number of carbonyl (C=O) groups is 2. The highest BCUT2D eigenvalue weighted by Crippen LogP contribution is 2.23. The fourth-order valence-electron chi connectivity index (χ4n) is 5.38. The molecule has 7 rings (SSSR count). The molecule has 3 N–H and O–H groups in total. The number of carbonyl (C=O) groups excluding carboxylic acids is 1. The summed E-state index contributed by atoms with van der Waals surface area (Å²) in [5.74, 6) is -1.21. The first-order valence-electron chi connectivity index (χ1n) is 16.1. The first-order valence-corrected chi connectivity index (χ1v) is 16.1. The fraction of sp³-hybridized carbons (Fsp3) is 0.0909. The maximum absolute atomic E-state index is 12.4. The fourth-order valence-corrected chi connectivity index (χ4v) is 5.38. The third-order valence-corrected chi connectivity index (χ3v) is 8.05. The van der Waals surface area contributed by atoms with Crippen molar-refractivity contribution in [3.63, 3.8) is 0 Å². The van der Waals surface area contributed by atoms with Gasteiger partial charge in [0.1, 0.15) is 6.61 Å². The van der Waals surface area contributed by atoms with Crippen molar-refractivity contribution in [3.05, 3.63) is 192 Å². The molecule has 0 bridgehead atoms. The molecule has 250 valence electrons. The molecule has 0 unspecified atom stereocenters. The van der Waals surface area contributed by atoms with Crippen LogP contribution in [0, 0.1) is 0 Å². The lowest BCUT2D eigenvalue weighted by atomic mass is 10.1. The number of rotatable bonds is 10. The Hall–Kier alpha value is -6.40. The number of ether oxygens (including phenoxy) is 1. The molecule has 0 aliphatic rings. The predicted molar refractivity (Wildman–Crippen MR) is 205 cm³/mol. The Balaban J connectivity index is 0.000000198. The zero-order chi connectivity index (χ0) is 33.8. The van der Waals surface area contributed by atoms with Gasteiger partial charge in [0.25, 0.3) is 0 Å². The van der Waals surface area contributed by atoms with Crippen LogP contribution in [0.5, 0.6) is 0 Å². The number of esters is 1. The van der Waals surface area contributed by atoms with Gasteiger partial charge in [0, 0.05) is 24.5 Å². The zero-order valence-electron chi connectivity index (χ0n) is 26.9. The highest BCUT2D eigenvalue weighted by Gasteiger charge is 2.09. The zero-order valence-corrected chi connectivity index (χ0v) is 26.9. The van der Waals surface area contributed by atoms with E-state index >= 15 is 0 Å². The van der Waals surface area contributed by atoms with Gasteiger partial charge in [0.15, 0.2) is 0 Å². The van der Waals surface area contributed by atoms with Crippen molar-refractivity contribution in [2.24, 2.45) is 0 Å². The third kappa shape index (κ3) is 9.58. The van der Waals surface area contributed by atoms with E-state index in [0.29, 0.717) is 11.1 Å². The van der Waals surface area contributed by atoms with E-state index in [2.05, 4.69) is 41.0 Å². The summed E-state index contributed by atoms with van der Waals surface area (Å²) in [7, 11) is 0. The maximum atomic E-state index is 12.4. The van der Waals surface area contributed by atoms with Crippen molar-refractivity contribution in [1.29, 1.82) is 0 Å². The molecule has 0 saturated carbocycles. The monoisotopic (exact) mass is 660 g/mol. The van der Waals surface area contributed by atoms with E-state index in [-0.39, 0.29) is 20.0 Å². The topological polar surface area (TPSA) is 87.7 Å². The van der Waals surface area contributed by atoms with Crippen LogP contribution < -0.4 is 10.6 Å². The van der Waals surface area contributed by atoms with Gasteiger partial charge in [0.05, 0.1) is 11.1 Å². The Labute approximate surface area is 293 Å². The maximum Gasteiger partial charge on any atom is 0.338 e. The molecule has 6 nitrogen and oxygen atoms in total. The molecule has 7 aromatic carbocycles. The summed E-state index contributed by atoms with van der Waals surface area (Å²) in [6.07, 6.45) is 0. The summed E-state index contributed by atoms with van der Waals surface area (Å²) in [5.41, 5.74) is 6.38. The van der Waals surface area contributed by atoms with E-state index in [1.165, 1.54) is 11.1 Å². The predicted octanol–water partition coefficient (Wildman–Crippen LogP) is 10.6. The number of aromatic carboxylic acids is 1. The van der Waals surface area contributed by atoms with Crippen LogP contribution in [0.15, 0.2) is 164 Å². The summed E-state index contributed by atoms with van der Waals surface area (Å²) in [4.78, 5) is 23.3. The number of nitrogens with one attached hydrogen (secondary N) is 2. The second-order valence-electron chi connectivity index (χ2n) is 11.6. The van der Waals surface area contributed by atoms with Gasteiger partial charge in [-0.05, 0) is 86.8 Å². The van der Waals surface area contributed by atoms with Crippen molar-refractivity contribution in [1.82, 2.24) is 0 Å². The molecule has 0 amide bonds. The number of hydrogen-bond acceptors (Lipinski definition) is 5. The van der Waals surface area contributed by atoms with E-state index in [9.17, 15) is 9.59 Å². The second-order valence-corrected chi connectivity index (χ2v) is 11.6. The van der Waals surface area contributed by atoms with Gasteiger partial charge in [-0.1, -0.05) is 123 Å². The molecular weight excluding hydrogens is 620 g/mol. The summed E-state index contributed by atoms with van der Waals surface area (Å²) in [6, 6.07) is 53.1. The van der Waals surface area contributed by atoms with E-state index in [4.69, 9.17) is 9.84 Å². The van der Waals surface area contributed by atoms with Crippen LogP contribution in [0.1, 0.15) is 44.8 Å². The van der Waals surface area contributed by atoms with Crippen molar-refractivity contribution >= 4 is 44.9 Å². The van der Waals surface area contributed by atoms with Crippen LogP contribution in [0.3, 0.4) is 0 Å². The van der Waals surface area contributed by atoms with Crippen molar-refractivity contribution in [3.8, 4) is 0 Å². The summed E-state index contributed by atoms with van der Waals surface area (Å²) in [5, 5.41) is 19.9. The average Bonchev–Trinajstić information content (AvgIpc) is 3.16. The molecular formula is C44H40N2O4. The molecule has 6 heteroatoms. The van der Waals surface area contributed by atoms with Crippen LogP contribution in [-0.2, 0) is 24.4 Å². The first-order chi connectivity index (χ1) is 24.0. The van der Waals surface area contributed by atoms with Crippen LogP contribution in [0.2, 0.25) is 0 Å². The number of carboxylic acid groups (broad SMARTS) is 1. The number of hydrogen-bond donors (Lipinski definition) is 3. The van der Waals surface area contributed by atoms with Crippen LogP contribution >= 0.6 is 0 Å². The molecule has 0 fully saturated rings. The normalized spacial score (nSPS) is 10.3. The smallest absolute Gasteiger partial charge is 0.338 e. The van der Waals surface area contributed by atoms with Gasteiger partial charge in [-0.25, -0.2) is 9.59 Å². The molecule has 0 aliphatic carbocycles. The summed E-state index contributed by atoms with van der Waals surface area (Å²) in [6.45, 7) is 1.82. The van der Waals surface area contributed by atoms with Gasteiger partial charge in [0.2, 0.25) is 0 Å². The molecule has 0 aromatic heterocycles. The molecule has 0 spiro atoms. The summed E-state index contributed by atoms with van der Waals surface area (Å²) >= 11 is 0. The average molecular weight is 661 g/mol. The lowest BCUT2D eigenvalue weighted by Crippen LogP contribution is -2.05. The van der Waals surface area contributed by atoms with Crippen molar-refractivity contribution in [2.45, 2.75) is 27.1 Å². The quantitative estimate of drug-likeness (QED) is 0.127. The Morgan fingerprint density at radius 3 is 1.36 bits per heavy atom. The van der Waals surface area contributed by atoms with Crippen molar-refractivity contribution in [2.75, 3.05) is 10.6 Å². The van der Waals surface area contributed by atoms with E-state index < -0.39 is 5.97 Å². The Bertz CT molecular complexity index is 2170. The highest BCUT2D eigenvalue weighted by atomic mass is 16.5. The minimum atomic E-state index is -0.900. The lowest BCUT2D eigenvalue weighted by molar-refractivity contribution is 0.0472. The molecule has 0 saturated heterocycles. The van der Waals surface area contributed by atoms with Gasteiger partial charge < -0.3 is 20.5 Å². The van der Waals surface area contributed by atoms with E-state index in [1.807, 2.05) is 121 Å². The third-order valence-electron chi connectivity index (χ3n) is 8.05. The Morgan fingerprint density at radius 1 is 0.480 bits per heavy atom. The SMILES string of the molecule is C.O=C(O)c1ccc2cc(NCc3ccccc3)ccc2c1.O=C(OCc1ccccc1)c1ccc2cc(NCc3ccccc3)ccc2c1. The molecule has 50 heavy (non-hydrogen) atoms. The lowest BCUT2D eigenvalue weighted by Gasteiger charge is -2.09. The van der Waals surface area contributed by atoms with Crippen molar-refractivity contribution < 1.29 is 19.4 Å². The first kappa shape index (κ1) is 34.9. The minimum Gasteiger partial charge on any atom is -0.478 e. The minimum absolute atomic E-state index is 0. The largest absolute Gasteiger partial charge is 0.478 e. The number of anilines is 2. The second kappa shape index (κ2) is 17.1. The highest BCUT2D eigenvalue weighted by molar-refractivity contribution is 5.96. The Morgan fingerprint density at radius 2 is 0.880 bits per heavy atom. The number of carboxylic acids is 1. The molecule has 0 heterocycles. The van der Waals surface area contributed by atoms with Gasteiger partial charge in [-0.3, -0.25) is 0 Å². The molecule has 0 aliphatic heterocycles. The van der Waals surface area contributed by atoms with Crippen LogP contribution in [0.4, 0.5) is 11.4 Å². The molecule has 0 radical (unpaired) electrons. The van der Waals surface area contributed by atoms with Crippen LogP contribution in [-0.4, -0.2) is 17.0 Å². The van der Waals surface area contributed by atoms with Gasteiger partial charge in [-0.2, -0.15) is 0 Å². The number of fused-ring (bicyclic) bond motifs is 2. The summed E-state index contributed by atoms with van der Waals surface area (Å²) < 4.78 is 5.42. The standard InChI is InChI=1S/C25H21NO2.C18H15NO2.CH4/c27-25(28-18-20-9-5-2-6-10-20)23-12-11-22-16-24(14-13-21(22)15-23)26-17-19-7-3-1-4-8-19;20-18(21)16-7-6-15-11-17(9-8-14(15)10-16)19-12-13-4-2-1-3-5-13;/h1-16,26H,17-18H2;1-11,19H,12H2,(H,20,21);1H4. The van der Waals surface area contributed by atoms with E-state index in [0.717, 1.165) is 51.6 Å². The van der Waals surface area contributed by atoms with Crippen LogP contribution in [0.25, 0.3) is 21.5 Å². The molecule has 0 atom stereocenters. The van der Waals surface area contributed by atoms with E-state index in [1.54, 1.807) is 12.1 Å². The van der Waals surface area contributed by atoms with Gasteiger partial charge >= 0.3 is 11.9 Å².